The average Bonchev–Trinajstić information content (AvgIpc) is 3.20. The summed E-state index contributed by atoms with van der Waals surface area (Å²) >= 11 is 0. The number of hydrogen-bond acceptors (Lipinski definition) is 6. The van der Waals surface area contributed by atoms with Crippen LogP contribution in [0.4, 0.5) is 11.4 Å². The number of fused-ring (bicyclic) bond motifs is 1. The van der Waals surface area contributed by atoms with Gasteiger partial charge in [0.2, 0.25) is 10.0 Å². The fourth-order valence-electron chi connectivity index (χ4n) is 3.49. The van der Waals surface area contributed by atoms with Crippen LogP contribution in [0.1, 0.15) is 19.5 Å². The number of aromatic nitrogens is 2. The van der Waals surface area contributed by atoms with Crippen molar-refractivity contribution in [1.82, 2.24) is 13.7 Å². The van der Waals surface area contributed by atoms with E-state index in [2.05, 4.69) is 29.5 Å². The van der Waals surface area contributed by atoms with Crippen LogP contribution in [0.25, 0.3) is 5.65 Å². The van der Waals surface area contributed by atoms with Crippen molar-refractivity contribution in [3.05, 3.63) is 54.5 Å². The molecule has 31 heavy (non-hydrogen) atoms. The summed E-state index contributed by atoms with van der Waals surface area (Å²) in [5, 5.41) is 6.80. The first-order valence-electron chi connectivity index (χ1n) is 10.6. The van der Waals surface area contributed by atoms with Crippen molar-refractivity contribution in [3.63, 3.8) is 0 Å². The van der Waals surface area contributed by atoms with Gasteiger partial charge in [-0.05, 0) is 36.2 Å². The summed E-state index contributed by atoms with van der Waals surface area (Å²) in [6, 6.07) is 11.1. The summed E-state index contributed by atoms with van der Waals surface area (Å²) in [6.07, 6.45) is 3.93. The van der Waals surface area contributed by atoms with Gasteiger partial charge in [0, 0.05) is 32.0 Å². The molecule has 0 radical (unpaired) electrons. The van der Waals surface area contributed by atoms with Gasteiger partial charge in [-0.15, -0.1) is 0 Å². The molecule has 1 aromatic carbocycles. The Bertz CT molecular complexity index is 1100. The van der Waals surface area contributed by atoms with E-state index in [9.17, 15) is 8.42 Å². The van der Waals surface area contributed by atoms with Crippen LogP contribution in [0, 0.1) is 5.92 Å². The average molecular weight is 444 g/mol. The molecular weight excluding hydrogens is 414 g/mol. The normalized spacial score (nSPS) is 15.5. The lowest BCUT2D eigenvalue weighted by Gasteiger charge is -2.26. The third kappa shape index (κ3) is 5.00. The highest BCUT2D eigenvalue weighted by Crippen LogP contribution is 2.28. The Labute approximate surface area is 183 Å². The van der Waals surface area contributed by atoms with E-state index in [4.69, 9.17) is 4.74 Å². The number of sulfonamides is 1. The van der Waals surface area contributed by atoms with Crippen LogP contribution in [-0.2, 0) is 21.3 Å². The molecule has 1 aliphatic rings. The lowest BCUT2D eigenvalue weighted by molar-refractivity contribution is 0.0730. The van der Waals surface area contributed by atoms with E-state index in [1.807, 2.05) is 41.1 Å². The molecule has 0 spiro atoms. The number of morpholine rings is 1. The Balaban J connectivity index is 1.59. The maximum absolute atomic E-state index is 13.1. The summed E-state index contributed by atoms with van der Waals surface area (Å²) in [6.45, 7) is 7.14. The number of imidazole rings is 1. The van der Waals surface area contributed by atoms with Crippen LogP contribution in [0.15, 0.2) is 53.7 Å². The molecule has 8 nitrogen and oxygen atoms in total. The second kappa shape index (κ2) is 9.25. The van der Waals surface area contributed by atoms with Gasteiger partial charge in [-0.25, -0.2) is 13.4 Å². The maximum atomic E-state index is 13.1. The fourth-order valence-corrected chi connectivity index (χ4v) is 4.93. The first kappa shape index (κ1) is 21.6. The standard InChI is InChI=1S/C22H29N5O3S/c1-17(2)14-23-20-7-6-19(31(28,29)27-9-11-30-12-10-27)13-21(20)24-15-18-16-26-8-4-3-5-22(26)25-18/h3-8,13,16-17,23-24H,9-12,14-15H2,1-2H3. The summed E-state index contributed by atoms with van der Waals surface area (Å²) in [4.78, 5) is 4.90. The quantitative estimate of drug-likeness (QED) is 0.556. The Kier molecular flexibility index (Phi) is 6.45. The zero-order valence-corrected chi connectivity index (χ0v) is 18.7. The SMILES string of the molecule is CC(C)CNc1ccc(S(=O)(=O)N2CCOCC2)cc1NCc1cn2ccccc2n1. The summed E-state index contributed by atoms with van der Waals surface area (Å²) in [5.74, 6) is 0.461. The van der Waals surface area contributed by atoms with Gasteiger partial charge in [0.05, 0.1) is 41.7 Å². The van der Waals surface area contributed by atoms with Gasteiger partial charge < -0.3 is 19.8 Å². The first-order valence-corrected chi connectivity index (χ1v) is 12.0. The number of pyridine rings is 1. The molecule has 3 aromatic rings. The van der Waals surface area contributed by atoms with Gasteiger partial charge >= 0.3 is 0 Å². The van der Waals surface area contributed by atoms with Crippen molar-refractivity contribution in [2.75, 3.05) is 43.5 Å². The highest BCUT2D eigenvalue weighted by molar-refractivity contribution is 7.89. The van der Waals surface area contributed by atoms with Gasteiger partial charge in [-0.1, -0.05) is 19.9 Å². The zero-order chi connectivity index (χ0) is 21.8. The smallest absolute Gasteiger partial charge is 0.243 e. The third-order valence-electron chi connectivity index (χ3n) is 5.17. The summed E-state index contributed by atoms with van der Waals surface area (Å²) in [5.41, 5.74) is 3.37. The van der Waals surface area contributed by atoms with Crippen LogP contribution >= 0.6 is 0 Å². The Hall–Kier alpha value is -2.62. The molecule has 0 amide bonds. The maximum Gasteiger partial charge on any atom is 0.243 e. The number of hydrogen-bond donors (Lipinski definition) is 2. The van der Waals surface area contributed by atoms with Crippen LogP contribution in [-0.4, -0.2) is 55.0 Å². The highest BCUT2D eigenvalue weighted by Gasteiger charge is 2.27. The molecular formula is C22H29N5O3S. The van der Waals surface area contributed by atoms with E-state index < -0.39 is 10.0 Å². The molecule has 0 saturated carbocycles. The molecule has 0 unspecified atom stereocenters. The topological polar surface area (TPSA) is 88.0 Å². The molecule has 3 heterocycles. The van der Waals surface area contributed by atoms with Crippen LogP contribution in [0.5, 0.6) is 0 Å². The molecule has 0 aliphatic carbocycles. The van der Waals surface area contributed by atoms with E-state index in [0.29, 0.717) is 38.8 Å². The van der Waals surface area contributed by atoms with Crippen molar-refractivity contribution < 1.29 is 13.2 Å². The van der Waals surface area contributed by atoms with Crippen molar-refractivity contribution in [1.29, 1.82) is 0 Å². The van der Waals surface area contributed by atoms with Gasteiger partial charge in [0.15, 0.2) is 0 Å². The number of anilines is 2. The van der Waals surface area contributed by atoms with Crippen molar-refractivity contribution in [2.45, 2.75) is 25.3 Å². The Morgan fingerprint density at radius 2 is 1.90 bits per heavy atom. The van der Waals surface area contributed by atoms with Crippen molar-refractivity contribution >= 4 is 27.0 Å². The van der Waals surface area contributed by atoms with E-state index in [1.165, 1.54) is 4.31 Å². The van der Waals surface area contributed by atoms with Crippen LogP contribution in [0.3, 0.4) is 0 Å². The Morgan fingerprint density at radius 3 is 2.65 bits per heavy atom. The fraction of sp³-hybridized carbons (Fsp3) is 0.409. The number of benzene rings is 1. The Morgan fingerprint density at radius 1 is 1.10 bits per heavy atom. The van der Waals surface area contributed by atoms with Crippen LogP contribution in [0.2, 0.25) is 0 Å². The minimum Gasteiger partial charge on any atom is -0.383 e. The predicted molar refractivity (Wildman–Crippen MR) is 122 cm³/mol. The monoisotopic (exact) mass is 443 g/mol. The molecule has 4 rings (SSSR count). The number of rotatable bonds is 8. The zero-order valence-electron chi connectivity index (χ0n) is 17.9. The van der Waals surface area contributed by atoms with E-state index in [1.54, 1.807) is 12.1 Å². The van der Waals surface area contributed by atoms with Crippen molar-refractivity contribution in [3.8, 4) is 0 Å². The molecule has 1 aliphatic heterocycles. The van der Waals surface area contributed by atoms with Gasteiger partial charge in [-0.3, -0.25) is 0 Å². The third-order valence-corrected chi connectivity index (χ3v) is 7.07. The lowest BCUT2D eigenvalue weighted by atomic mass is 10.2. The molecule has 0 atom stereocenters. The van der Waals surface area contributed by atoms with E-state index >= 15 is 0 Å². The summed E-state index contributed by atoms with van der Waals surface area (Å²) in [7, 11) is -3.57. The lowest BCUT2D eigenvalue weighted by Crippen LogP contribution is -2.40. The highest BCUT2D eigenvalue weighted by atomic mass is 32.2. The molecule has 1 saturated heterocycles. The number of nitrogens with zero attached hydrogens (tertiary/aromatic N) is 3. The van der Waals surface area contributed by atoms with Gasteiger partial charge in [-0.2, -0.15) is 4.31 Å². The molecule has 0 bridgehead atoms. The predicted octanol–water partition coefficient (Wildman–Crippen LogP) is 3.04. The van der Waals surface area contributed by atoms with E-state index in [0.717, 1.165) is 29.3 Å². The molecule has 1 fully saturated rings. The minimum absolute atomic E-state index is 0.280. The molecule has 166 valence electrons. The largest absolute Gasteiger partial charge is 0.383 e. The second-order valence-corrected chi connectivity index (χ2v) is 9.99. The van der Waals surface area contributed by atoms with Gasteiger partial charge in [0.25, 0.3) is 0 Å². The second-order valence-electron chi connectivity index (χ2n) is 8.05. The first-order chi connectivity index (χ1) is 14.9. The van der Waals surface area contributed by atoms with E-state index in [-0.39, 0.29) is 4.90 Å². The number of ether oxygens (including phenoxy) is 1. The number of nitrogens with one attached hydrogen (secondary N) is 2. The van der Waals surface area contributed by atoms with Crippen LogP contribution < -0.4 is 10.6 Å². The molecule has 2 aromatic heterocycles. The van der Waals surface area contributed by atoms with Crippen molar-refractivity contribution in [2.24, 2.45) is 5.92 Å². The molecule has 2 N–H and O–H groups in total. The van der Waals surface area contributed by atoms with Gasteiger partial charge in [0.1, 0.15) is 5.65 Å². The molecule has 9 heteroatoms. The summed E-state index contributed by atoms with van der Waals surface area (Å²) < 4.78 is 35.0. The minimum atomic E-state index is -3.57.